The van der Waals surface area contributed by atoms with Crippen molar-refractivity contribution < 1.29 is 9.53 Å². The van der Waals surface area contributed by atoms with Gasteiger partial charge in [0.15, 0.2) is 0 Å². The lowest BCUT2D eigenvalue weighted by Gasteiger charge is -2.22. The van der Waals surface area contributed by atoms with Crippen LogP contribution in [0.25, 0.3) is 0 Å². The van der Waals surface area contributed by atoms with E-state index < -0.39 is 0 Å². The first kappa shape index (κ1) is 13.4. The Labute approximate surface area is 114 Å². The van der Waals surface area contributed by atoms with Crippen LogP contribution in [0.5, 0.6) is 0 Å². The monoisotopic (exact) mass is 265 g/mol. The lowest BCUT2D eigenvalue weighted by atomic mass is 10.1. The third-order valence-corrected chi connectivity index (χ3v) is 3.43. The molecule has 1 aromatic carbocycles. The van der Waals surface area contributed by atoms with Crippen LogP contribution >= 0.6 is 12.6 Å². The van der Waals surface area contributed by atoms with E-state index >= 15 is 0 Å². The van der Waals surface area contributed by atoms with Crippen LogP contribution in [0.2, 0.25) is 0 Å². The van der Waals surface area contributed by atoms with E-state index in [1.165, 1.54) is 0 Å². The number of carbonyl (C=O) groups is 1. The van der Waals surface area contributed by atoms with Gasteiger partial charge in [-0.1, -0.05) is 12.1 Å². The van der Waals surface area contributed by atoms with E-state index in [2.05, 4.69) is 12.6 Å². The van der Waals surface area contributed by atoms with Crippen molar-refractivity contribution >= 4 is 18.5 Å². The molecule has 1 fully saturated rings. The molecule has 1 aliphatic rings. The molecule has 0 heterocycles. The van der Waals surface area contributed by atoms with Gasteiger partial charge in [-0.3, -0.25) is 4.79 Å². The molecule has 0 bridgehead atoms. The maximum absolute atomic E-state index is 12.2. The van der Waals surface area contributed by atoms with E-state index in [1.54, 1.807) is 7.11 Å². The molecule has 4 heteroatoms. The van der Waals surface area contributed by atoms with Crippen LogP contribution in [-0.4, -0.2) is 37.1 Å². The predicted octanol–water partition coefficient (Wildman–Crippen LogP) is 2.16. The number of methoxy groups -OCH3 is 1. The number of hydrogen-bond donors (Lipinski definition) is 1. The van der Waals surface area contributed by atoms with Gasteiger partial charge in [-0.2, -0.15) is 0 Å². The van der Waals surface area contributed by atoms with Gasteiger partial charge in [0.25, 0.3) is 0 Å². The second-order valence-electron chi connectivity index (χ2n) is 4.65. The first-order chi connectivity index (χ1) is 8.70. The molecule has 0 saturated heterocycles. The molecule has 1 aliphatic carbocycles. The molecule has 0 radical (unpaired) electrons. The molecule has 0 atom stereocenters. The average molecular weight is 265 g/mol. The summed E-state index contributed by atoms with van der Waals surface area (Å²) in [5, 5.41) is 0. The van der Waals surface area contributed by atoms with Gasteiger partial charge in [-0.25, -0.2) is 0 Å². The van der Waals surface area contributed by atoms with Crippen LogP contribution in [-0.2, 0) is 16.0 Å². The van der Waals surface area contributed by atoms with Crippen molar-refractivity contribution in [3.63, 3.8) is 0 Å². The van der Waals surface area contributed by atoms with Crippen LogP contribution < -0.4 is 0 Å². The third-order valence-electron chi connectivity index (χ3n) is 3.14. The lowest BCUT2D eigenvalue weighted by molar-refractivity contribution is -0.131. The summed E-state index contributed by atoms with van der Waals surface area (Å²) in [7, 11) is 1.67. The van der Waals surface area contributed by atoms with Crippen LogP contribution in [0.4, 0.5) is 0 Å². The predicted molar refractivity (Wildman–Crippen MR) is 74.0 cm³/mol. The van der Waals surface area contributed by atoms with Crippen molar-refractivity contribution in [2.75, 3.05) is 20.3 Å². The molecular formula is C14H19NO2S. The average Bonchev–Trinajstić information content (AvgIpc) is 3.17. The maximum Gasteiger partial charge on any atom is 0.227 e. The molecule has 2 rings (SSSR count). The number of ether oxygens (including phenoxy) is 1. The molecular weight excluding hydrogens is 246 g/mol. The highest BCUT2D eigenvalue weighted by molar-refractivity contribution is 7.80. The van der Waals surface area contributed by atoms with E-state index in [0.717, 1.165) is 23.3 Å². The van der Waals surface area contributed by atoms with E-state index in [4.69, 9.17) is 4.74 Å². The van der Waals surface area contributed by atoms with Gasteiger partial charge >= 0.3 is 0 Å². The van der Waals surface area contributed by atoms with Crippen LogP contribution in [0.15, 0.2) is 29.2 Å². The fraction of sp³-hybridized carbons (Fsp3) is 0.500. The van der Waals surface area contributed by atoms with Crippen molar-refractivity contribution in [2.24, 2.45) is 0 Å². The zero-order chi connectivity index (χ0) is 13.0. The van der Waals surface area contributed by atoms with Crippen molar-refractivity contribution in [3.8, 4) is 0 Å². The van der Waals surface area contributed by atoms with Gasteiger partial charge < -0.3 is 9.64 Å². The molecule has 1 aromatic rings. The first-order valence-corrected chi connectivity index (χ1v) is 6.71. The highest BCUT2D eigenvalue weighted by Crippen LogP contribution is 2.27. The topological polar surface area (TPSA) is 29.5 Å². The van der Waals surface area contributed by atoms with E-state index in [1.807, 2.05) is 29.2 Å². The van der Waals surface area contributed by atoms with Gasteiger partial charge in [0.05, 0.1) is 13.0 Å². The zero-order valence-corrected chi connectivity index (χ0v) is 11.5. The normalized spacial score (nSPS) is 14.6. The van der Waals surface area contributed by atoms with E-state index in [-0.39, 0.29) is 5.91 Å². The Bertz CT molecular complexity index is 401. The van der Waals surface area contributed by atoms with Crippen LogP contribution in [0.1, 0.15) is 18.4 Å². The summed E-state index contributed by atoms with van der Waals surface area (Å²) in [5.41, 5.74) is 1.04. The fourth-order valence-corrected chi connectivity index (χ4v) is 2.13. The standard InChI is InChI=1S/C14H19NO2S/c1-17-9-8-15(12-4-5-12)14(16)10-11-2-6-13(18)7-3-11/h2-3,6-7,12,18H,4-5,8-10H2,1H3. The van der Waals surface area contributed by atoms with E-state index in [0.29, 0.717) is 25.6 Å². The van der Waals surface area contributed by atoms with Crippen molar-refractivity contribution in [1.82, 2.24) is 4.90 Å². The Balaban J connectivity index is 1.93. The maximum atomic E-state index is 12.2. The lowest BCUT2D eigenvalue weighted by Crippen LogP contribution is -2.36. The van der Waals surface area contributed by atoms with Gasteiger partial charge in [0.2, 0.25) is 5.91 Å². The molecule has 0 aromatic heterocycles. The second-order valence-corrected chi connectivity index (χ2v) is 5.17. The molecule has 18 heavy (non-hydrogen) atoms. The van der Waals surface area contributed by atoms with E-state index in [9.17, 15) is 4.79 Å². The number of benzene rings is 1. The minimum absolute atomic E-state index is 0.196. The SMILES string of the molecule is COCCN(C(=O)Cc1ccc(S)cc1)C1CC1. The minimum atomic E-state index is 0.196. The summed E-state index contributed by atoms with van der Waals surface area (Å²) >= 11 is 4.24. The second kappa shape index (κ2) is 6.25. The van der Waals surface area contributed by atoms with Crippen molar-refractivity contribution in [2.45, 2.75) is 30.2 Å². The molecule has 1 amide bonds. The first-order valence-electron chi connectivity index (χ1n) is 6.27. The molecule has 0 N–H and O–H groups in total. The Morgan fingerprint density at radius 3 is 2.61 bits per heavy atom. The highest BCUT2D eigenvalue weighted by Gasteiger charge is 2.31. The molecule has 1 saturated carbocycles. The quantitative estimate of drug-likeness (QED) is 0.799. The molecule has 3 nitrogen and oxygen atoms in total. The third kappa shape index (κ3) is 3.75. The number of nitrogens with zero attached hydrogens (tertiary/aromatic N) is 1. The fourth-order valence-electron chi connectivity index (χ4n) is 1.98. The smallest absolute Gasteiger partial charge is 0.227 e. The Morgan fingerprint density at radius 2 is 2.06 bits per heavy atom. The van der Waals surface area contributed by atoms with Crippen molar-refractivity contribution in [1.29, 1.82) is 0 Å². The highest BCUT2D eigenvalue weighted by atomic mass is 32.1. The van der Waals surface area contributed by atoms with Gasteiger partial charge in [-0.05, 0) is 30.5 Å². The summed E-state index contributed by atoms with van der Waals surface area (Å²) in [5.74, 6) is 0.196. The van der Waals surface area contributed by atoms with Gasteiger partial charge in [0, 0.05) is 24.6 Å². The summed E-state index contributed by atoms with van der Waals surface area (Å²) in [6.07, 6.45) is 2.73. The largest absolute Gasteiger partial charge is 0.383 e. The number of hydrogen-bond acceptors (Lipinski definition) is 3. The molecule has 0 aliphatic heterocycles. The van der Waals surface area contributed by atoms with Crippen LogP contribution in [0.3, 0.4) is 0 Å². The van der Waals surface area contributed by atoms with Crippen molar-refractivity contribution in [3.05, 3.63) is 29.8 Å². The Hall–Kier alpha value is -1.00. The van der Waals surface area contributed by atoms with Crippen LogP contribution in [0, 0.1) is 0 Å². The number of rotatable bonds is 6. The zero-order valence-electron chi connectivity index (χ0n) is 10.6. The summed E-state index contributed by atoms with van der Waals surface area (Å²) in [4.78, 5) is 15.1. The minimum Gasteiger partial charge on any atom is -0.383 e. The number of carbonyl (C=O) groups excluding carboxylic acids is 1. The summed E-state index contributed by atoms with van der Waals surface area (Å²) in [6, 6.07) is 8.20. The van der Waals surface area contributed by atoms with Gasteiger partial charge in [0.1, 0.15) is 0 Å². The molecule has 98 valence electrons. The molecule has 0 unspecified atom stereocenters. The molecule has 0 spiro atoms. The number of thiol groups is 1. The number of amides is 1. The summed E-state index contributed by atoms with van der Waals surface area (Å²) < 4.78 is 5.06. The summed E-state index contributed by atoms with van der Waals surface area (Å²) in [6.45, 7) is 1.31. The van der Waals surface area contributed by atoms with Gasteiger partial charge in [-0.15, -0.1) is 12.6 Å². The Kier molecular flexibility index (Phi) is 4.66. The Morgan fingerprint density at radius 1 is 1.39 bits per heavy atom.